The van der Waals surface area contributed by atoms with Crippen LogP contribution in [0.2, 0.25) is 0 Å². The van der Waals surface area contributed by atoms with Crippen molar-refractivity contribution in [1.82, 2.24) is 0 Å². The Morgan fingerprint density at radius 1 is 0.912 bits per heavy atom. The molecule has 9 atom stereocenters. The molecule has 0 bridgehead atoms. The molecule has 4 heteroatoms. The van der Waals surface area contributed by atoms with Gasteiger partial charge in [0.1, 0.15) is 0 Å². The second-order valence-corrected chi connectivity index (χ2v) is 13.0. The molecule has 0 aromatic carbocycles. The van der Waals surface area contributed by atoms with E-state index in [4.69, 9.17) is 14.2 Å². The molecule has 0 spiro atoms. The van der Waals surface area contributed by atoms with Crippen LogP contribution >= 0.6 is 0 Å². The van der Waals surface area contributed by atoms with E-state index in [2.05, 4.69) is 26.8 Å². The monoisotopic (exact) mass is 474 g/mol. The minimum absolute atomic E-state index is 0.0784. The Kier molecular flexibility index (Phi) is 7.47. The summed E-state index contributed by atoms with van der Waals surface area (Å²) in [6.07, 6.45) is 13.9. The number of allylic oxidation sites excluding steroid dienone is 2. The van der Waals surface area contributed by atoms with Crippen LogP contribution in [0.3, 0.4) is 0 Å². The zero-order valence-corrected chi connectivity index (χ0v) is 23.1. The number of ketones is 1. The number of carbonyl (C=O) groups excluding carboxylic acids is 1. The number of carbonyl (C=O) groups is 1. The molecule has 4 unspecified atom stereocenters. The molecule has 0 saturated heterocycles. The highest BCUT2D eigenvalue weighted by Gasteiger charge is 2.64. The SMILES string of the molecule is CO[C@@H]1C[C@H]2CC(OC)(OC)CC[C@]2(C)C2CC[C@@]3(C)C(CC[C@@H]3C(C)/C=C/C(=O)C(C)C)C21. The van der Waals surface area contributed by atoms with Gasteiger partial charge in [-0.15, -0.1) is 0 Å². The lowest BCUT2D eigenvalue weighted by atomic mass is 9.43. The number of ether oxygens (including phenoxy) is 3. The fraction of sp³-hybridized carbons (Fsp3) is 0.900. The largest absolute Gasteiger partial charge is 0.381 e. The maximum absolute atomic E-state index is 12.2. The van der Waals surface area contributed by atoms with Gasteiger partial charge in [0.05, 0.1) is 6.10 Å². The number of hydrogen-bond acceptors (Lipinski definition) is 4. The molecule has 0 N–H and O–H groups in total. The average Bonchev–Trinajstić information content (AvgIpc) is 3.18. The van der Waals surface area contributed by atoms with Gasteiger partial charge in [0.25, 0.3) is 0 Å². The maximum Gasteiger partial charge on any atom is 0.167 e. The molecule has 0 amide bonds. The molecule has 0 aromatic rings. The van der Waals surface area contributed by atoms with Gasteiger partial charge in [-0.3, -0.25) is 4.79 Å². The lowest BCUT2D eigenvalue weighted by molar-refractivity contribution is -0.271. The van der Waals surface area contributed by atoms with Gasteiger partial charge >= 0.3 is 0 Å². The van der Waals surface area contributed by atoms with Crippen LogP contribution in [0.15, 0.2) is 12.2 Å². The summed E-state index contributed by atoms with van der Waals surface area (Å²) >= 11 is 0. The first-order valence-electron chi connectivity index (χ1n) is 13.9. The summed E-state index contributed by atoms with van der Waals surface area (Å²) in [5.74, 6) is 3.65. The molecule has 194 valence electrons. The normalized spacial score (nSPS) is 44.5. The summed E-state index contributed by atoms with van der Waals surface area (Å²) < 4.78 is 18.1. The summed E-state index contributed by atoms with van der Waals surface area (Å²) in [5.41, 5.74) is 0.679. The Hall–Kier alpha value is -0.710. The number of rotatable bonds is 7. The Bertz CT molecular complexity index is 770. The van der Waals surface area contributed by atoms with Gasteiger partial charge in [-0.1, -0.05) is 40.7 Å². The Balaban J connectivity index is 1.58. The predicted octanol–water partition coefficient (Wildman–Crippen LogP) is 6.68. The van der Waals surface area contributed by atoms with E-state index in [1.54, 1.807) is 14.2 Å². The molecule has 4 aliphatic carbocycles. The van der Waals surface area contributed by atoms with E-state index in [1.807, 2.05) is 27.0 Å². The van der Waals surface area contributed by atoms with E-state index in [0.29, 0.717) is 52.4 Å². The lowest BCUT2D eigenvalue weighted by Crippen LogP contribution is -2.60. The lowest BCUT2D eigenvalue weighted by Gasteiger charge is -2.64. The van der Waals surface area contributed by atoms with Gasteiger partial charge in [-0.05, 0) is 90.9 Å². The van der Waals surface area contributed by atoms with Crippen LogP contribution in [0.5, 0.6) is 0 Å². The minimum Gasteiger partial charge on any atom is -0.381 e. The van der Waals surface area contributed by atoms with Crippen molar-refractivity contribution in [2.24, 2.45) is 52.3 Å². The second kappa shape index (κ2) is 9.63. The number of methoxy groups -OCH3 is 3. The van der Waals surface area contributed by atoms with E-state index in [-0.39, 0.29) is 11.7 Å². The summed E-state index contributed by atoms with van der Waals surface area (Å²) in [6, 6.07) is 0. The van der Waals surface area contributed by atoms with Crippen molar-refractivity contribution in [2.75, 3.05) is 21.3 Å². The summed E-state index contributed by atoms with van der Waals surface area (Å²) in [6.45, 7) is 11.5. The zero-order valence-electron chi connectivity index (χ0n) is 23.1. The molecule has 4 fully saturated rings. The highest BCUT2D eigenvalue weighted by Crippen LogP contribution is 2.69. The molecular formula is C30H50O4. The van der Waals surface area contributed by atoms with Crippen molar-refractivity contribution >= 4 is 5.78 Å². The van der Waals surface area contributed by atoms with Gasteiger partial charge in [0.2, 0.25) is 0 Å². The Morgan fingerprint density at radius 3 is 2.21 bits per heavy atom. The van der Waals surface area contributed by atoms with E-state index in [9.17, 15) is 4.79 Å². The van der Waals surface area contributed by atoms with Crippen LogP contribution in [0.4, 0.5) is 0 Å². The molecule has 4 aliphatic rings. The van der Waals surface area contributed by atoms with Gasteiger partial charge in [0, 0.05) is 40.1 Å². The third kappa shape index (κ3) is 4.14. The molecule has 4 rings (SSSR count). The van der Waals surface area contributed by atoms with Crippen molar-refractivity contribution in [1.29, 1.82) is 0 Å². The summed E-state index contributed by atoms with van der Waals surface area (Å²) in [7, 11) is 5.55. The van der Waals surface area contributed by atoms with Gasteiger partial charge < -0.3 is 14.2 Å². The fourth-order valence-corrected chi connectivity index (χ4v) is 9.32. The molecule has 0 aliphatic heterocycles. The van der Waals surface area contributed by atoms with Gasteiger partial charge in [-0.25, -0.2) is 0 Å². The maximum atomic E-state index is 12.2. The third-order valence-electron chi connectivity index (χ3n) is 11.5. The van der Waals surface area contributed by atoms with Crippen LogP contribution in [0, 0.1) is 52.3 Å². The van der Waals surface area contributed by atoms with E-state index >= 15 is 0 Å². The summed E-state index contributed by atoms with van der Waals surface area (Å²) in [4.78, 5) is 12.2. The van der Waals surface area contributed by atoms with Crippen molar-refractivity contribution in [2.45, 2.75) is 97.9 Å². The van der Waals surface area contributed by atoms with E-state index < -0.39 is 5.79 Å². The van der Waals surface area contributed by atoms with Gasteiger partial charge in [0.15, 0.2) is 11.6 Å². The van der Waals surface area contributed by atoms with Crippen molar-refractivity contribution < 1.29 is 19.0 Å². The first-order chi connectivity index (χ1) is 16.0. The van der Waals surface area contributed by atoms with Crippen molar-refractivity contribution in [3.8, 4) is 0 Å². The van der Waals surface area contributed by atoms with Crippen LogP contribution in [0.1, 0.15) is 86.0 Å². The van der Waals surface area contributed by atoms with Crippen molar-refractivity contribution in [3.05, 3.63) is 12.2 Å². The highest BCUT2D eigenvalue weighted by atomic mass is 16.7. The number of hydrogen-bond donors (Lipinski definition) is 0. The molecule has 34 heavy (non-hydrogen) atoms. The number of fused-ring (bicyclic) bond motifs is 5. The molecular weight excluding hydrogens is 424 g/mol. The predicted molar refractivity (Wildman–Crippen MR) is 136 cm³/mol. The second-order valence-electron chi connectivity index (χ2n) is 13.0. The molecule has 0 aromatic heterocycles. The third-order valence-corrected chi connectivity index (χ3v) is 11.5. The minimum atomic E-state index is -0.424. The molecule has 0 heterocycles. The van der Waals surface area contributed by atoms with Crippen LogP contribution in [-0.4, -0.2) is 39.0 Å². The van der Waals surface area contributed by atoms with Crippen LogP contribution in [0.25, 0.3) is 0 Å². The Labute approximate surface area is 208 Å². The van der Waals surface area contributed by atoms with Crippen molar-refractivity contribution in [3.63, 3.8) is 0 Å². The Morgan fingerprint density at radius 2 is 1.59 bits per heavy atom. The van der Waals surface area contributed by atoms with Crippen LogP contribution in [-0.2, 0) is 19.0 Å². The van der Waals surface area contributed by atoms with E-state index in [1.165, 1.54) is 32.1 Å². The fourth-order valence-electron chi connectivity index (χ4n) is 9.32. The quantitative estimate of drug-likeness (QED) is 0.305. The van der Waals surface area contributed by atoms with Crippen LogP contribution < -0.4 is 0 Å². The topological polar surface area (TPSA) is 44.8 Å². The smallest absolute Gasteiger partial charge is 0.167 e. The molecule has 4 saturated carbocycles. The van der Waals surface area contributed by atoms with E-state index in [0.717, 1.165) is 19.3 Å². The standard InChI is InChI=1S/C30H50O4/c1-19(2)25(31)12-9-20(3)22-10-11-23-27-24(13-14-29(22,23)5)28(4)15-16-30(33-7,34-8)18-21(28)17-26(27)32-6/h9,12,19-24,26-27H,10-11,13-18H2,1-8H3/b12-9+/t20?,21-,22+,23?,24?,26+,27?,28-,29+/m0/s1. The average molecular weight is 475 g/mol. The highest BCUT2D eigenvalue weighted by molar-refractivity contribution is 5.91. The zero-order chi connectivity index (χ0) is 24.9. The first kappa shape index (κ1) is 26.4. The van der Waals surface area contributed by atoms with Gasteiger partial charge in [-0.2, -0.15) is 0 Å². The molecule has 0 radical (unpaired) electrons. The summed E-state index contributed by atoms with van der Waals surface area (Å²) in [5, 5.41) is 0. The molecule has 4 nitrogen and oxygen atoms in total. The first-order valence-corrected chi connectivity index (χ1v) is 13.9.